The molecule has 0 atom stereocenters. The van der Waals surface area contributed by atoms with E-state index in [1.165, 1.54) is 21.6 Å². The molecular formula is C22H28N2OS. The molecule has 0 saturated carbocycles. The summed E-state index contributed by atoms with van der Waals surface area (Å²) in [6.45, 7) is 8.64. The lowest BCUT2D eigenvalue weighted by Gasteiger charge is -2.21. The van der Waals surface area contributed by atoms with Gasteiger partial charge in [0.05, 0.1) is 7.11 Å². The molecule has 0 radical (unpaired) electrons. The number of nitrogens with zero attached hydrogens (tertiary/aromatic N) is 1. The van der Waals surface area contributed by atoms with Crippen molar-refractivity contribution in [1.82, 2.24) is 5.32 Å². The molecule has 0 bridgehead atoms. The van der Waals surface area contributed by atoms with Gasteiger partial charge in [-0.1, -0.05) is 51.1 Å². The van der Waals surface area contributed by atoms with Gasteiger partial charge in [0.15, 0.2) is 0 Å². The predicted octanol–water partition coefficient (Wildman–Crippen LogP) is 5.02. The quantitative estimate of drug-likeness (QED) is 0.752. The highest BCUT2D eigenvalue weighted by Gasteiger charge is 2.17. The van der Waals surface area contributed by atoms with Gasteiger partial charge < -0.3 is 10.1 Å². The molecule has 26 heavy (non-hydrogen) atoms. The van der Waals surface area contributed by atoms with Gasteiger partial charge in [-0.2, -0.15) is 0 Å². The zero-order valence-corrected chi connectivity index (χ0v) is 17.0. The van der Waals surface area contributed by atoms with Crippen LogP contribution in [0, 0.1) is 0 Å². The van der Waals surface area contributed by atoms with Gasteiger partial charge in [0, 0.05) is 34.9 Å². The first-order valence-electron chi connectivity index (χ1n) is 9.17. The van der Waals surface area contributed by atoms with E-state index in [2.05, 4.69) is 73.5 Å². The van der Waals surface area contributed by atoms with Crippen LogP contribution >= 0.6 is 11.8 Å². The highest BCUT2D eigenvalue weighted by Crippen LogP contribution is 2.33. The van der Waals surface area contributed by atoms with E-state index in [1.807, 2.05) is 11.8 Å². The summed E-state index contributed by atoms with van der Waals surface area (Å²) >= 11 is 1.84. The van der Waals surface area contributed by atoms with Crippen LogP contribution in [0.5, 0.6) is 5.75 Å². The van der Waals surface area contributed by atoms with Crippen molar-refractivity contribution in [2.75, 3.05) is 20.2 Å². The minimum Gasteiger partial charge on any atom is -0.496 e. The number of amidine groups is 1. The van der Waals surface area contributed by atoms with Crippen LogP contribution in [0.1, 0.15) is 43.9 Å². The van der Waals surface area contributed by atoms with Crippen molar-refractivity contribution in [1.29, 1.82) is 0 Å². The van der Waals surface area contributed by atoms with Crippen LogP contribution in [0.4, 0.5) is 0 Å². The van der Waals surface area contributed by atoms with E-state index < -0.39 is 0 Å². The van der Waals surface area contributed by atoms with Crippen LogP contribution in [-0.2, 0) is 11.2 Å². The van der Waals surface area contributed by atoms with Gasteiger partial charge in [-0.05, 0) is 29.5 Å². The average Bonchev–Trinajstić information content (AvgIpc) is 2.66. The summed E-state index contributed by atoms with van der Waals surface area (Å²) in [7, 11) is 1.74. The van der Waals surface area contributed by atoms with E-state index in [0.717, 1.165) is 36.8 Å². The van der Waals surface area contributed by atoms with Gasteiger partial charge in [0.2, 0.25) is 0 Å². The molecule has 2 aromatic carbocycles. The molecule has 0 unspecified atom stereocenters. The lowest BCUT2D eigenvalue weighted by atomic mass is 9.86. The summed E-state index contributed by atoms with van der Waals surface area (Å²) in [4.78, 5) is 5.92. The molecule has 1 heterocycles. The molecule has 0 saturated heterocycles. The van der Waals surface area contributed by atoms with Crippen LogP contribution in [0.15, 0.2) is 52.4 Å². The van der Waals surface area contributed by atoms with Crippen LogP contribution in [0.3, 0.4) is 0 Å². The summed E-state index contributed by atoms with van der Waals surface area (Å²) in [6.07, 6.45) is 1.11. The number of benzene rings is 2. The van der Waals surface area contributed by atoms with Crippen LogP contribution in [0.25, 0.3) is 0 Å². The Morgan fingerprint density at radius 1 is 1.15 bits per heavy atom. The highest BCUT2D eigenvalue weighted by atomic mass is 32.2. The van der Waals surface area contributed by atoms with Gasteiger partial charge in [-0.25, -0.2) is 0 Å². The molecule has 0 spiro atoms. The van der Waals surface area contributed by atoms with Gasteiger partial charge in [-0.3, -0.25) is 4.99 Å². The van der Waals surface area contributed by atoms with E-state index in [9.17, 15) is 0 Å². The second kappa shape index (κ2) is 8.17. The van der Waals surface area contributed by atoms with Crippen molar-refractivity contribution in [3.05, 3.63) is 59.2 Å². The van der Waals surface area contributed by atoms with Gasteiger partial charge in [0.25, 0.3) is 0 Å². The Morgan fingerprint density at radius 3 is 2.65 bits per heavy atom. The van der Waals surface area contributed by atoms with Gasteiger partial charge >= 0.3 is 0 Å². The van der Waals surface area contributed by atoms with Crippen LogP contribution < -0.4 is 10.1 Å². The molecule has 3 nitrogen and oxygen atoms in total. The van der Waals surface area contributed by atoms with Crippen molar-refractivity contribution in [2.24, 2.45) is 4.99 Å². The molecule has 0 aliphatic carbocycles. The number of aliphatic imine (C=N–C) groups is 1. The van der Waals surface area contributed by atoms with Crippen molar-refractivity contribution in [2.45, 2.75) is 43.3 Å². The molecule has 0 amide bonds. The Morgan fingerprint density at radius 2 is 1.96 bits per heavy atom. The lowest BCUT2D eigenvalue weighted by Crippen LogP contribution is -2.30. The fraction of sp³-hybridized carbons (Fsp3) is 0.409. The van der Waals surface area contributed by atoms with Crippen LogP contribution in [0.2, 0.25) is 0 Å². The van der Waals surface area contributed by atoms with Crippen molar-refractivity contribution < 1.29 is 4.74 Å². The average molecular weight is 369 g/mol. The number of ether oxygens (including phenoxy) is 1. The molecule has 1 aliphatic rings. The van der Waals surface area contributed by atoms with E-state index in [1.54, 1.807) is 7.11 Å². The summed E-state index contributed by atoms with van der Waals surface area (Å²) in [5.41, 5.74) is 3.89. The maximum absolute atomic E-state index is 5.60. The Kier molecular flexibility index (Phi) is 5.92. The number of methoxy groups -OCH3 is 1. The molecule has 1 N–H and O–H groups in total. The molecule has 2 aromatic rings. The largest absolute Gasteiger partial charge is 0.496 e. The number of hydrogen-bond donors (Lipinski definition) is 1. The fourth-order valence-electron chi connectivity index (χ4n) is 3.01. The first-order valence-corrected chi connectivity index (χ1v) is 10.2. The van der Waals surface area contributed by atoms with E-state index >= 15 is 0 Å². The number of thioether (sulfide) groups is 1. The predicted molar refractivity (Wildman–Crippen MR) is 112 cm³/mol. The third kappa shape index (κ3) is 4.42. The van der Waals surface area contributed by atoms with Crippen LogP contribution in [-0.4, -0.2) is 26.0 Å². The highest BCUT2D eigenvalue weighted by molar-refractivity contribution is 7.98. The second-order valence-electron chi connectivity index (χ2n) is 7.57. The Balaban J connectivity index is 1.84. The second-order valence-corrected chi connectivity index (χ2v) is 8.59. The molecule has 3 rings (SSSR count). The topological polar surface area (TPSA) is 33.6 Å². The fourth-order valence-corrected chi connectivity index (χ4v) is 4.05. The van der Waals surface area contributed by atoms with Gasteiger partial charge in [0.1, 0.15) is 11.6 Å². The van der Waals surface area contributed by atoms with Gasteiger partial charge in [-0.15, -0.1) is 11.8 Å². The molecule has 0 aromatic heterocycles. The molecular weight excluding hydrogens is 340 g/mol. The Hall–Kier alpha value is -1.94. The first kappa shape index (κ1) is 18.8. The third-order valence-electron chi connectivity index (χ3n) is 4.57. The Bertz CT molecular complexity index is 793. The van der Waals surface area contributed by atoms with E-state index in [0.29, 0.717) is 0 Å². The molecule has 1 aliphatic heterocycles. The Labute approximate surface area is 161 Å². The zero-order valence-electron chi connectivity index (χ0n) is 16.1. The molecule has 0 fully saturated rings. The summed E-state index contributed by atoms with van der Waals surface area (Å²) in [6, 6.07) is 15.1. The number of rotatable bonds is 5. The minimum absolute atomic E-state index is 0.129. The number of nitrogens with one attached hydrogen (secondary N) is 1. The smallest absolute Gasteiger partial charge is 0.129 e. The zero-order chi connectivity index (χ0) is 18.6. The number of hydrogen-bond acceptors (Lipinski definition) is 4. The van der Waals surface area contributed by atoms with Crippen molar-refractivity contribution >= 4 is 17.6 Å². The summed E-state index contributed by atoms with van der Waals surface area (Å²) in [5.74, 6) is 2.85. The maximum atomic E-state index is 5.60. The summed E-state index contributed by atoms with van der Waals surface area (Å²) in [5, 5.41) is 3.44. The lowest BCUT2D eigenvalue weighted by molar-refractivity contribution is 0.410. The first-order chi connectivity index (χ1) is 12.5. The van der Waals surface area contributed by atoms with Crippen molar-refractivity contribution in [3.63, 3.8) is 0 Å². The van der Waals surface area contributed by atoms with E-state index in [-0.39, 0.29) is 5.41 Å². The third-order valence-corrected chi connectivity index (χ3v) is 5.69. The molecule has 4 heteroatoms. The standard InChI is InChI=1S/C22H28N2OS/c1-22(2,3)17-10-11-19(25-4)16(14-17)15-26-20-9-6-5-8-18(20)21-23-12-7-13-24-21/h5-6,8-11,14H,7,12-13,15H2,1-4H3,(H,23,24). The van der Waals surface area contributed by atoms with E-state index in [4.69, 9.17) is 4.74 Å². The minimum atomic E-state index is 0.129. The molecule has 138 valence electrons. The SMILES string of the molecule is COc1ccc(C(C)(C)C)cc1CSc1ccccc1C1=NCCCN1. The normalized spacial score (nSPS) is 14.5. The maximum Gasteiger partial charge on any atom is 0.129 e. The van der Waals surface area contributed by atoms with Crippen molar-refractivity contribution in [3.8, 4) is 5.75 Å². The summed E-state index contributed by atoms with van der Waals surface area (Å²) < 4.78 is 5.60. The monoisotopic (exact) mass is 368 g/mol.